The summed E-state index contributed by atoms with van der Waals surface area (Å²) < 4.78 is 2.01. The maximum atomic E-state index is 13.0. The average Bonchev–Trinajstić information content (AvgIpc) is 3.19. The van der Waals surface area contributed by atoms with Gasteiger partial charge in [-0.05, 0) is 32.9 Å². The van der Waals surface area contributed by atoms with Crippen LogP contribution in [-0.2, 0) is 10.3 Å². The van der Waals surface area contributed by atoms with Gasteiger partial charge in [0.05, 0.1) is 29.5 Å². The van der Waals surface area contributed by atoms with Crippen LogP contribution in [0.1, 0.15) is 26.5 Å². The Morgan fingerprint density at radius 2 is 2.06 bits per heavy atom. The number of pyridine rings is 1. The molecule has 33 heavy (non-hydrogen) atoms. The van der Waals surface area contributed by atoms with E-state index in [2.05, 4.69) is 32.4 Å². The van der Waals surface area contributed by atoms with Gasteiger partial charge < -0.3 is 24.8 Å². The maximum absolute atomic E-state index is 13.0. The van der Waals surface area contributed by atoms with E-state index in [1.54, 1.807) is 6.20 Å². The summed E-state index contributed by atoms with van der Waals surface area (Å²) in [6.45, 7) is 9.95. The van der Waals surface area contributed by atoms with Crippen LogP contribution >= 0.6 is 11.6 Å². The van der Waals surface area contributed by atoms with Crippen molar-refractivity contribution in [3.05, 3.63) is 47.5 Å². The van der Waals surface area contributed by atoms with E-state index < -0.39 is 5.54 Å². The molecule has 5 rings (SSSR count). The second kappa shape index (κ2) is 8.46. The number of nitrogens with one attached hydrogen (secondary N) is 2. The van der Waals surface area contributed by atoms with Gasteiger partial charge in [-0.25, -0.2) is 9.97 Å². The van der Waals surface area contributed by atoms with Crippen LogP contribution in [0.15, 0.2) is 36.8 Å². The largest absolute Gasteiger partial charge is 0.353 e. The van der Waals surface area contributed by atoms with Crippen molar-refractivity contribution in [1.82, 2.24) is 30.0 Å². The number of aromatic nitrogens is 4. The van der Waals surface area contributed by atoms with Gasteiger partial charge >= 0.3 is 0 Å². The first-order valence-corrected chi connectivity index (χ1v) is 11.7. The number of imidazole rings is 1. The third kappa shape index (κ3) is 4.11. The van der Waals surface area contributed by atoms with E-state index in [9.17, 15) is 4.79 Å². The quantitative estimate of drug-likeness (QED) is 0.592. The van der Waals surface area contributed by atoms with Crippen molar-refractivity contribution in [1.29, 1.82) is 0 Å². The number of halogens is 1. The van der Waals surface area contributed by atoms with Crippen molar-refractivity contribution in [2.75, 3.05) is 42.5 Å². The first kappa shape index (κ1) is 21.9. The Hall–Kier alpha value is -2.91. The van der Waals surface area contributed by atoms with Gasteiger partial charge in [-0.2, -0.15) is 4.98 Å². The summed E-state index contributed by atoms with van der Waals surface area (Å²) >= 11 is 6.43. The van der Waals surface area contributed by atoms with E-state index in [4.69, 9.17) is 16.6 Å². The summed E-state index contributed by atoms with van der Waals surface area (Å²) in [6.07, 6.45) is 5.45. The molecule has 0 aliphatic carbocycles. The molecule has 0 aromatic carbocycles. The van der Waals surface area contributed by atoms with Gasteiger partial charge in [-0.3, -0.25) is 4.79 Å². The monoisotopic (exact) mass is 468 g/mol. The van der Waals surface area contributed by atoms with Crippen molar-refractivity contribution >= 4 is 34.9 Å². The zero-order chi connectivity index (χ0) is 23.2. The van der Waals surface area contributed by atoms with Crippen LogP contribution in [0.5, 0.6) is 0 Å². The second-order valence-electron chi connectivity index (χ2n) is 9.38. The number of hydrogen-bond donors (Lipinski definition) is 2. The normalized spacial score (nSPS) is 19.6. The molecule has 1 atom stereocenters. The SMILES string of the molecule is C[C@H]1CNCCN1c1ncc(Cl)c(N2CC(C(=O)NC(C)(C)c3cnc4ccccn34)C2)n1. The van der Waals surface area contributed by atoms with Crippen LogP contribution in [0, 0.1) is 5.92 Å². The topological polar surface area (TPSA) is 90.7 Å². The lowest BCUT2D eigenvalue weighted by atomic mass is 9.95. The molecule has 2 aliphatic rings. The van der Waals surface area contributed by atoms with E-state index in [0.29, 0.717) is 35.9 Å². The molecular formula is C23H29ClN8O. The molecule has 0 saturated carbocycles. The number of anilines is 2. The summed E-state index contributed by atoms with van der Waals surface area (Å²) in [4.78, 5) is 30.9. The molecule has 5 heterocycles. The molecule has 2 fully saturated rings. The Bertz CT molecular complexity index is 1170. The number of hydrogen-bond acceptors (Lipinski definition) is 7. The predicted molar refractivity (Wildman–Crippen MR) is 129 cm³/mol. The number of amides is 1. The van der Waals surface area contributed by atoms with Crippen LogP contribution in [0.2, 0.25) is 5.02 Å². The fraction of sp³-hybridized carbons (Fsp3) is 0.478. The highest BCUT2D eigenvalue weighted by Crippen LogP contribution is 2.32. The number of fused-ring (bicyclic) bond motifs is 1. The fourth-order valence-corrected chi connectivity index (χ4v) is 4.74. The van der Waals surface area contributed by atoms with E-state index in [0.717, 1.165) is 31.0 Å². The van der Waals surface area contributed by atoms with Gasteiger partial charge in [0.2, 0.25) is 11.9 Å². The lowest BCUT2D eigenvalue weighted by molar-refractivity contribution is -0.127. The number of carbonyl (C=O) groups excluding carboxylic acids is 1. The standard InChI is InChI=1S/C23H29ClN8O/c1-15-10-25-7-9-31(15)22-27-11-17(24)20(28-22)30-13-16(14-30)21(33)29-23(2,3)18-12-26-19-6-4-5-8-32(18)19/h4-6,8,11-12,15-16,25H,7,9-10,13-14H2,1-3H3,(H,29,33)/t15-/m0/s1. The van der Waals surface area contributed by atoms with Crippen molar-refractivity contribution in [3.63, 3.8) is 0 Å². The summed E-state index contributed by atoms with van der Waals surface area (Å²) in [6, 6.07) is 6.17. The summed E-state index contributed by atoms with van der Waals surface area (Å²) in [7, 11) is 0. The van der Waals surface area contributed by atoms with Gasteiger partial charge in [0.1, 0.15) is 10.7 Å². The first-order chi connectivity index (χ1) is 15.8. The van der Waals surface area contributed by atoms with E-state index in [1.807, 2.05) is 53.7 Å². The van der Waals surface area contributed by atoms with Gasteiger partial charge in [0, 0.05) is 45.0 Å². The number of rotatable bonds is 5. The Morgan fingerprint density at radius 3 is 2.85 bits per heavy atom. The molecule has 0 radical (unpaired) electrons. The Balaban J connectivity index is 1.26. The first-order valence-electron chi connectivity index (χ1n) is 11.3. The van der Waals surface area contributed by atoms with Gasteiger partial charge in [0.15, 0.2) is 5.82 Å². The molecule has 0 spiro atoms. The molecule has 0 unspecified atom stereocenters. The zero-order valence-electron chi connectivity index (χ0n) is 19.1. The average molecular weight is 469 g/mol. The van der Waals surface area contributed by atoms with Crippen LogP contribution in [0.3, 0.4) is 0 Å². The van der Waals surface area contributed by atoms with E-state index >= 15 is 0 Å². The van der Waals surface area contributed by atoms with Gasteiger partial charge in [-0.1, -0.05) is 17.7 Å². The third-order valence-electron chi connectivity index (χ3n) is 6.52. The lowest BCUT2D eigenvalue weighted by Crippen LogP contribution is -2.57. The zero-order valence-corrected chi connectivity index (χ0v) is 19.9. The van der Waals surface area contributed by atoms with E-state index in [1.165, 1.54) is 0 Å². The van der Waals surface area contributed by atoms with Crippen molar-refractivity contribution < 1.29 is 4.79 Å². The van der Waals surface area contributed by atoms with Crippen molar-refractivity contribution in [3.8, 4) is 0 Å². The minimum atomic E-state index is -0.559. The minimum absolute atomic E-state index is 0.0169. The molecule has 1 amide bonds. The molecular weight excluding hydrogens is 440 g/mol. The summed E-state index contributed by atoms with van der Waals surface area (Å²) in [5, 5.41) is 7.09. The molecule has 174 valence electrons. The highest BCUT2D eigenvalue weighted by molar-refractivity contribution is 6.32. The molecule has 3 aromatic rings. The smallest absolute Gasteiger partial charge is 0.227 e. The minimum Gasteiger partial charge on any atom is -0.353 e. The second-order valence-corrected chi connectivity index (χ2v) is 9.78. The summed E-state index contributed by atoms with van der Waals surface area (Å²) in [5.74, 6) is 1.27. The Morgan fingerprint density at radius 1 is 1.24 bits per heavy atom. The van der Waals surface area contributed by atoms with Crippen LogP contribution in [0.25, 0.3) is 5.65 Å². The van der Waals surface area contributed by atoms with Crippen molar-refractivity contribution in [2.24, 2.45) is 5.92 Å². The number of piperazine rings is 1. The highest BCUT2D eigenvalue weighted by atomic mass is 35.5. The molecule has 2 aliphatic heterocycles. The molecule has 2 saturated heterocycles. The van der Waals surface area contributed by atoms with Gasteiger partial charge in [-0.15, -0.1) is 0 Å². The predicted octanol–water partition coefficient (Wildman–Crippen LogP) is 2.06. The molecule has 9 nitrogen and oxygen atoms in total. The lowest BCUT2D eigenvalue weighted by Gasteiger charge is -2.41. The fourth-order valence-electron chi connectivity index (χ4n) is 4.53. The Kier molecular flexibility index (Phi) is 5.62. The third-order valence-corrected chi connectivity index (χ3v) is 6.78. The number of carbonyl (C=O) groups is 1. The van der Waals surface area contributed by atoms with Crippen LogP contribution < -0.4 is 20.4 Å². The van der Waals surface area contributed by atoms with Crippen LogP contribution in [0.4, 0.5) is 11.8 Å². The molecule has 3 aromatic heterocycles. The van der Waals surface area contributed by atoms with Crippen LogP contribution in [-0.4, -0.2) is 64.0 Å². The summed E-state index contributed by atoms with van der Waals surface area (Å²) in [5.41, 5.74) is 1.24. The molecule has 10 heteroatoms. The van der Waals surface area contributed by atoms with Crippen molar-refractivity contribution in [2.45, 2.75) is 32.4 Å². The Labute approximate surface area is 198 Å². The van der Waals surface area contributed by atoms with E-state index in [-0.39, 0.29) is 11.8 Å². The van der Waals surface area contributed by atoms with Gasteiger partial charge in [0.25, 0.3) is 0 Å². The highest BCUT2D eigenvalue weighted by Gasteiger charge is 2.38. The maximum Gasteiger partial charge on any atom is 0.227 e. The molecule has 2 N–H and O–H groups in total. The molecule has 0 bridgehead atoms. The number of nitrogens with zero attached hydrogens (tertiary/aromatic N) is 6.